The van der Waals surface area contributed by atoms with E-state index in [0.29, 0.717) is 49.7 Å². The highest BCUT2D eigenvalue weighted by molar-refractivity contribution is 7.89. The molecule has 0 unspecified atom stereocenters. The third-order valence-electron chi connectivity index (χ3n) is 7.22. The Bertz CT molecular complexity index is 1370. The van der Waals surface area contributed by atoms with E-state index in [0.717, 1.165) is 36.8 Å². The molecule has 2 aromatic carbocycles. The Morgan fingerprint density at radius 3 is 2.14 bits per heavy atom. The molecule has 35 heavy (non-hydrogen) atoms. The number of fused-ring (bicyclic) bond motifs is 2. The van der Waals surface area contributed by atoms with Gasteiger partial charge >= 0.3 is 0 Å². The van der Waals surface area contributed by atoms with Crippen LogP contribution in [0.2, 0.25) is 0 Å². The van der Waals surface area contributed by atoms with E-state index in [9.17, 15) is 21.6 Å². The fourth-order valence-corrected chi connectivity index (χ4v) is 7.28. The predicted octanol–water partition coefficient (Wildman–Crippen LogP) is 1.11. The fourth-order valence-electron chi connectivity index (χ4n) is 5.24. The third kappa shape index (κ3) is 4.88. The number of hydrogen-bond acceptors (Lipinski definition) is 6. The molecule has 0 bridgehead atoms. The second-order valence-corrected chi connectivity index (χ2v) is 12.9. The smallest absolute Gasteiger partial charge is 0.243 e. The number of aryl methyl sites for hydroxylation is 2. The van der Waals surface area contributed by atoms with Crippen LogP contribution in [0.25, 0.3) is 0 Å². The number of carbonyl (C=O) groups is 1. The summed E-state index contributed by atoms with van der Waals surface area (Å²) in [6.07, 6.45) is 4.75. The van der Waals surface area contributed by atoms with Gasteiger partial charge in [0.05, 0.1) is 16.3 Å². The Hall–Kier alpha value is -2.31. The van der Waals surface area contributed by atoms with E-state index in [2.05, 4.69) is 0 Å². The van der Waals surface area contributed by atoms with Crippen molar-refractivity contribution in [1.82, 2.24) is 9.21 Å². The molecule has 0 radical (unpaired) electrons. The predicted molar refractivity (Wildman–Crippen MR) is 132 cm³/mol. The number of carbonyl (C=O) groups excluding carboxylic acids is 1. The Labute approximate surface area is 206 Å². The summed E-state index contributed by atoms with van der Waals surface area (Å²) in [5.41, 5.74) is 3.88. The molecule has 0 atom stereocenters. The molecule has 5 rings (SSSR count). The largest absolute Gasteiger partial charge is 0.311 e. The lowest BCUT2D eigenvalue weighted by molar-refractivity contribution is -0.119. The van der Waals surface area contributed by atoms with E-state index < -0.39 is 20.0 Å². The number of rotatable bonds is 5. The maximum absolute atomic E-state index is 13.2. The van der Waals surface area contributed by atoms with Crippen LogP contribution in [0.5, 0.6) is 0 Å². The average molecular weight is 519 g/mol. The molecule has 0 spiro atoms. The Morgan fingerprint density at radius 2 is 1.43 bits per heavy atom. The lowest BCUT2D eigenvalue weighted by atomic mass is 9.92. The number of nitrogens with two attached hydrogens (primary N) is 1. The summed E-state index contributed by atoms with van der Waals surface area (Å²) in [6, 6.07) is 10.1. The second-order valence-electron chi connectivity index (χ2n) is 9.45. The lowest BCUT2D eigenvalue weighted by Gasteiger charge is -2.34. The Kier molecular flexibility index (Phi) is 6.47. The van der Waals surface area contributed by atoms with Crippen LogP contribution in [0.15, 0.2) is 46.2 Å². The molecule has 1 aliphatic carbocycles. The van der Waals surface area contributed by atoms with Gasteiger partial charge in [0.2, 0.25) is 26.0 Å². The first-order valence-corrected chi connectivity index (χ1v) is 14.9. The van der Waals surface area contributed by atoms with Crippen LogP contribution in [0, 0.1) is 0 Å². The summed E-state index contributed by atoms with van der Waals surface area (Å²) in [4.78, 5) is 17.0. The first-order chi connectivity index (χ1) is 16.6. The molecule has 1 saturated heterocycles. The maximum atomic E-state index is 13.2. The van der Waals surface area contributed by atoms with Crippen LogP contribution in [0.4, 0.5) is 5.69 Å². The zero-order valence-corrected chi connectivity index (χ0v) is 21.2. The summed E-state index contributed by atoms with van der Waals surface area (Å²) in [5, 5.41) is 5.22. The van der Waals surface area contributed by atoms with Crippen LogP contribution < -0.4 is 10.0 Å². The van der Waals surface area contributed by atoms with Crippen LogP contribution in [-0.2, 0) is 44.1 Å². The van der Waals surface area contributed by atoms with Crippen molar-refractivity contribution in [3.05, 3.63) is 53.1 Å². The minimum absolute atomic E-state index is 0.0433. The highest BCUT2D eigenvalue weighted by Gasteiger charge is 2.32. The maximum Gasteiger partial charge on any atom is 0.243 e. The van der Waals surface area contributed by atoms with E-state index in [1.165, 1.54) is 22.0 Å². The van der Waals surface area contributed by atoms with Crippen LogP contribution in [0.3, 0.4) is 0 Å². The van der Waals surface area contributed by atoms with Gasteiger partial charge in [0.25, 0.3) is 0 Å². The SMILES string of the molecule is NS(=O)(=O)c1ccc2c(c1)CCN2C(=O)CN1CCN(S(=O)(=O)c2ccc3c(c2)CCCC3)CC1. The molecule has 1 fully saturated rings. The normalized spacial score (nSPS) is 19.4. The number of anilines is 1. The molecule has 0 saturated carbocycles. The highest BCUT2D eigenvalue weighted by atomic mass is 32.2. The molecular weight excluding hydrogens is 488 g/mol. The van der Waals surface area contributed by atoms with Gasteiger partial charge in [-0.3, -0.25) is 9.69 Å². The summed E-state index contributed by atoms with van der Waals surface area (Å²) in [5.74, 6) is -0.0851. The van der Waals surface area contributed by atoms with Crippen molar-refractivity contribution < 1.29 is 21.6 Å². The van der Waals surface area contributed by atoms with Gasteiger partial charge < -0.3 is 4.90 Å². The fraction of sp³-hybridized carbons (Fsp3) is 0.458. The van der Waals surface area contributed by atoms with E-state index in [-0.39, 0.29) is 17.3 Å². The van der Waals surface area contributed by atoms with Gasteiger partial charge in [-0.2, -0.15) is 4.31 Å². The average Bonchev–Trinajstić information content (AvgIpc) is 3.27. The van der Waals surface area contributed by atoms with E-state index in [1.807, 2.05) is 17.0 Å². The van der Waals surface area contributed by atoms with Gasteiger partial charge in [0.15, 0.2) is 0 Å². The summed E-state index contributed by atoms with van der Waals surface area (Å²) < 4.78 is 51.2. The quantitative estimate of drug-likeness (QED) is 0.633. The van der Waals surface area contributed by atoms with E-state index in [4.69, 9.17) is 5.14 Å². The van der Waals surface area contributed by atoms with Crippen molar-refractivity contribution in [2.75, 3.05) is 44.2 Å². The molecule has 2 aliphatic heterocycles. The van der Waals surface area contributed by atoms with Crippen molar-refractivity contribution >= 4 is 31.6 Å². The molecule has 2 heterocycles. The Balaban J connectivity index is 1.21. The zero-order chi connectivity index (χ0) is 24.8. The molecule has 11 heteroatoms. The first kappa shape index (κ1) is 24.4. The van der Waals surface area contributed by atoms with Crippen LogP contribution >= 0.6 is 0 Å². The molecular formula is C24H30N4O5S2. The number of sulfonamides is 2. The van der Waals surface area contributed by atoms with Crippen molar-refractivity contribution in [2.45, 2.75) is 41.9 Å². The molecule has 0 aromatic heterocycles. The van der Waals surface area contributed by atoms with Gasteiger partial charge in [-0.25, -0.2) is 22.0 Å². The van der Waals surface area contributed by atoms with Crippen LogP contribution in [0.1, 0.15) is 29.5 Å². The van der Waals surface area contributed by atoms with Gasteiger partial charge in [0.1, 0.15) is 0 Å². The second kappa shape index (κ2) is 9.29. The summed E-state index contributed by atoms with van der Waals surface area (Å²) >= 11 is 0. The van der Waals surface area contributed by atoms with Crippen molar-refractivity contribution in [1.29, 1.82) is 0 Å². The standard InChI is InChI=1S/C24H30N4O5S2/c25-34(30,31)21-7-8-23-20(16-21)9-10-28(23)24(29)17-26-11-13-27(14-12-26)35(32,33)22-6-5-18-3-1-2-4-19(18)15-22/h5-8,15-16H,1-4,9-14,17H2,(H2,25,30,31). The van der Waals surface area contributed by atoms with Crippen molar-refractivity contribution in [3.8, 4) is 0 Å². The third-order valence-corrected chi connectivity index (χ3v) is 10.0. The number of primary sulfonamides is 1. The van der Waals surface area contributed by atoms with Gasteiger partial charge in [0, 0.05) is 38.4 Å². The van der Waals surface area contributed by atoms with E-state index in [1.54, 1.807) is 17.0 Å². The minimum Gasteiger partial charge on any atom is -0.311 e. The molecule has 2 aromatic rings. The molecule has 9 nitrogen and oxygen atoms in total. The molecule has 188 valence electrons. The zero-order valence-electron chi connectivity index (χ0n) is 19.5. The summed E-state index contributed by atoms with van der Waals surface area (Å²) in [7, 11) is -7.36. The monoisotopic (exact) mass is 518 g/mol. The van der Waals surface area contributed by atoms with Gasteiger partial charge in [-0.1, -0.05) is 6.07 Å². The Morgan fingerprint density at radius 1 is 0.771 bits per heavy atom. The number of piperazine rings is 1. The van der Waals surface area contributed by atoms with Crippen molar-refractivity contribution in [2.24, 2.45) is 5.14 Å². The number of amides is 1. The van der Waals surface area contributed by atoms with Crippen molar-refractivity contribution in [3.63, 3.8) is 0 Å². The molecule has 3 aliphatic rings. The lowest BCUT2D eigenvalue weighted by Crippen LogP contribution is -2.51. The minimum atomic E-state index is -3.79. The van der Waals surface area contributed by atoms with E-state index >= 15 is 0 Å². The molecule has 1 amide bonds. The summed E-state index contributed by atoms with van der Waals surface area (Å²) in [6.45, 7) is 2.28. The highest BCUT2D eigenvalue weighted by Crippen LogP contribution is 2.30. The first-order valence-electron chi connectivity index (χ1n) is 11.9. The number of nitrogens with zero attached hydrogens (tertiary/aromatic N) is 3. The van der Waals surface area contributed by atoms with Gasteiger partial charge in [-0.15, -0.1) is 0 Å². The van der Waals surface area contributed by atoms with Gasteiger partial charge in [-0.05, 0) is 79.1 Å². The number of benzene rings is 2. The number of hydrogen-bond donors (Lipinski definition) is 1. The van der Waals surface area contributed by atoms with Crippen LogP contribution in [-0.4, -0.2) is 71.2 Å². The molecule has 2 N–H and O–H groups in total. The topological polar surface area (TPSA) is 121 Å².